The van der Waals surface area contributed by atoms with E-state index in [4.69, 9.17) is 11.6 Å². The minimum atomic E-state index is -0.145. The number of hydrogen-bond acceptors (Lipinski definition) is 3. The maximum atomic E-state index is 12.6. The second kappa shape index (κ2) is 8.34. The molecule has 1 aromatic rings. The van der Waals surface area contributed by atoms with Gasteiger partial charge in [0.1, 0.15) is 0 Å². The monoisotopic (exact) mass is 347 g/mol. The number of hydrogen-bond donors (Lipinski definition) is 1. The fourth-order valence-corrected chi connectivity index (χ4v) is 3.20. The first-order valence-corrected chi connectivity index (χ1v) is 8.87. The van der Waals surface area contributed by atoms with Crippen molar-refractivity contribution in [3.05, 3.63) is 40.9 Å². The molecule has 0 unspecified atom stereocenters. The molecule has 2 rings (SSSR count). The molecule has 0 saturated heterocycles. The molecule has 0 atom stereocenters. The van der Waals surface area contributed by atoms with Crippen LogP contribution >= 0.6 is 11.6 Å². The Morgan fingerprint density at radius 1 is 1.42 bits per heavy atom. The first-order valence-electron chi connectivity index (χ1n) is 8.49. The maximum absolute atomic E-state index is 12.6. The zero-order valence-corrected chi connectivity index (χ0v) is 15.5. The fourth-order valence-electron chi connectivity index (χ4n) is 3.01. The second-order valence-electron chi connectivity index (χ2n) is 6.33. The van der Waals surface area contributed by atoms with Crippen LogP contribution in [0.3, 0.4) is 0 Å². The summed E-state index contributed by atoms with van der Waals surface area (Å²) in [6, 6.07) is 5.95. The molecule has 1 N–H and O–H groups in total. The molecule has 0 aliphatic heterocycles. The van der Waals surface area contributed by atoms with E-state index in [1.165, 1.54) is 12.8 Å². The van der Waals surface area contributed by atoms with Gasteiger partial charge < -0.3 is 5.32 Å². The molecule has 0 aromatic heterocycles. The number of carbonyl (C=O) groups is 1. The molecule has 0 spiro atoms. The lowest BCUT2D eigenvalue weighted by atomic mass is 10.1. The Balaban J connectivity index is 2.23. The van der Waals surface area contributed by atoms with E-state index in [0.717, 1.165) is 30.5 Å². The van der Waals surface area contributed by atoms with Gasteiger partial charge >= 0.3 is 0 Å². The van der Waals surface area contributed by atoms with Crippen molar-refractivity contribution in [3.8, 4) is 0 Å². The molecule has 4 nitrogen and oxygen atoms in total. The second-order valence-corrected chi connectivity index (χ2v) is 6.77. The fraction of sp³-hybridized carbons (Fsp3) is 0.474. The molecule has 1 saturated carbocycles. The number of nitrogens with zero attached hydrogens (tertiary/aromatic N) is 2. The van der Waals surface area contributed by atoms with Gasteiger partial charge in [-0.3, -0.25) is 9.80 Å². The Morgan fingerprint density at radius 3 is 2.67 bits per heavy atom. The largest absolute Gasteiger partial charge is 0.348 e. The zero-order chi connectivity index (χ0) is 17.7. The van der Waals surface area contributed by atoms with Crippen molar-refractivity contribution in [1.29, 1.82) is 0 Å². The number of amides is 1. The van der Waals surface area contributed by atoms with Gasteiger partial charge in [0.2, 0.25) is 0 Å². The van der Waals surface area contributed by atoms with E-state index in [2.05, 4.69) is 23.9 Å². The first kappa shape index (κ1) is 18.5. The van der Waals surface area contributed by atoms with Gasteiger partial charge in [-0.1, -0.05) is 37.9 Å². The summed E-state index contributed by atoms with van der Waals surface area (Å²) in [5.74, 6) is -0.145. The van der Waals surface area contributed by atoms with Crippen LogP contribution in [-0.4, -0.2) is 24.7 Å². The number of benzene rings is 1. The van der Waals surface area contributed by atoms with Crippen LogP contribution in [0.5, 0.6) is 0 Å². The highest BCUT2D eigenvalue weighted by Crippen LogP contribution is 2.24. The molecule has 0 bridgehead atoms. The molecule has 5 heteroatoms. The van der Waals surface area contributed by atoms with Crippen LogP contribution in [0.1, 0.15) is 45.1 Å². The third-order valence-corrected chi connectivity index (χ3v) is 4.57. The Bertz CT molecular complexity index is 648. The van der Waals surface area contributed by atoms with Gasteiger partial charge in [0.15, 0.2) is 5.71 Å². The average Bonchev–Trinajstić information content (AvgIpc) is 3.04. The summed E-state index contributed by atoms with van der Waals surface area (Å²) in [5, 5.41) is 10.0. The van der Waals surface area contributed by atoms with Gasteiger partial charge in [0.25, 0.3) is 5.91 Å². The lowest BCUT2D eigenvalue weighted by Crippen LogP contribution is -2.39. The maximum Gasteiger partial charge on any atom is 0.272 e. The van der Waals surface area contributed by atoms with E-state index in [9.17, 15) is 4.79 Å². The van der Waals surface area contributed by atoms with Gasteiger partial charge in [-0.2, -0.15) is 5.10 Å². The number of aryl methyl sites for hydroxylation is 1. The van der Waals surface area contributed by atoms with Crippen LogP contribution in [-0.2, 0) is 11.2 Å². The van der Waals surface area contributed by atoms with Crippen LogP contribution in [0.4, 0.5) is 5.69 Å². The van der Waals surface area contributed by atoms with Crippen molar-refractivity contribution in [2.24, 2.45) is 5.10 Å². The lowest BCUT2D eigenvalue weighted by molar-refractivity contribution is -0.115. The molecule has 1 fully saturated rings. The van der Waals surface area contributed by atoms with Crippen molar-refractivity contribution in [1.82, 2.24) is 5.32 Å². The highest BCUT2D eigenvalue weighted by molar-refractivity contribution is 6.45. The summed E-state index contributed by atoms with van der Waals surface area (Å²) in [6.45, 7) is 7.79. The van der Waals surface area contributed by atoms with Gasteiger partial charge in [-0.25, -0.2) is 0 Å². The Hall–Kier alpha value is -1.81. The smallest absolute Gasteiger partial charge is 0.272 e. The molecular formula is C19H26ClN3O. The van der Waals surface area contributed by atoms with E-state index in [1.54, 1.807) is 5.01 Å². The minimum Gasteiger partial charge on any atom is -0.348 e. The molecule has 24 heavy (non-hydrogen) atoms. The average molecular weight is 348 g/mol. The Morgan fingerprint density at radius 2 is 2.08 bits per heavy atom. The van der Waals surface area contributed by atoms with Crippen LogP contribution in [0, 0.1) is 0 Å². The molecule has 0 heterocycles. The number of halogens is 1. The van der Waals surface area contributed by atoms with Crippen LogP contribution in [0.25, 0.3) is 0 Å². The van der Waals surface area contributed by atoms with Crippen LogP contribution < -0.4 is 10.3 Å². The third kappa shape index (κ3) is 4.60. The Kier molecular flexibility index (Phi) is 6.44. The number of hydrazone groups is 1. The van der Waals surface area contributed by atoms with Crippen LogP contribution in [0.15, 0.2) is 35.5 Å². The molecule has 0 radical (unpaired) electrons. The topological polar surface area (TPSA) is 44.7 Å². The number of nitrogens with one attached hydrogen (secondary N) is 1. The van der Waals surface area contributed by atoms with E-state index < -0.39 is 0 Å². The lowest BCUT2D eigenvalue weighted by Gasteiger charge is -2.20. The van der Waals surface area contributed by atoms with Gasteiger partial charge in [-0.15, -0.1) is 0 Å². The van der Waals surface area contributed by atoms with Crippen molar-refractivity contribution in [2.75, 3.05) is 12.1 Å². The molecule has 1 aromatic carbocycles. The summed E-state index contributed by atoms with van der Waals surface area (Å²) < 4.78 is 0. The normalized spacial score (nSPS) is 15.4. The predicted octanol–water partition coefficient (Wildman–Crippen LogP) is 4.33. The third-order valence-electron chi connectivity index (χ3n) is 4.33. The predicted molar refractivity (Wildman–Crippen MR) is 102 cm³/mol. The minimum absolute atomic E-state index is 0.145. The number of carbonyl (C=O) groups excluding carboxylic acids is 1. The first-order chi connectivity index (χ1) is 11.4. The van der Waals surface area contributed by atoms with E-state index in [-0.39, 0.29) is 11.9 Å². The van der Waals surface area contributed by atoms with Crippen molar-refractivity contribution in [2.45, 2.75) is 52.0 Å². The highest BCUT2D eigenvalue weighted by Gasteiger charge is 2.21. The molecule has 130 valence electrons. The van der Waals surface area contributed by atoms with Crippen molar-refractivity contribution in [3.63, 3.8) is 0 Å². The summed E-state index contributed by atoms with van der Waals surface area (Å²) >= 11 is 6.07. The van der Waals surface area contributed by atoms with Gasteiger partial charge in [0, 0.05) is 18.1 Å². The SMILES string of the molecule is C=C(C)/C(=N\N(C)c1ccc(Cl)cc1CC)C(=O)NC1CCCC1. The van der Waals surface area contributed by atoms with Gasteiger partial charge in [-0.05, 0) is 55.5 Å². The van der Waals surface area contributed by atoms with E-state index in [0.29, 0.717) is 16.3 Å². The standard InChI is InChI=1S/C19H26ClN3O/c1-5-14-12-15(20)10-11-17(14)23(4)22-18(13(2)3)19(24)21-16-8-6-7-9-16/h10-12,16H,2,5-9H2,1,3-4H3,(H,21,24)/b22-18+. The summed E-state index contributed by atoms with van der Waals surface area (Å²) in [6.07, 6.45) is 5.28. The highest BCUT2D eigenvalue weighted by atomic mass is 35.5. The Labute approximate surface area is 149 Å². The van der Waals surface area contributed by atoms with Crippen molar-refractivity contribution >= 4 is 28.9 Å². The van der Waals surface area contributed by atoms with E-state index >= 15 is 0 Å². The van der Waals surface area contributed by atoms with Gasteiger partial charge in [0.05, 0.1) is 5.69 Å². The zero-order valence-electron chi connectivity index (χ0n) is 14.7. The number of anilines is 1. The summed E-state index contributed by atoms with van der Waals surface area (Å²) in [7, 11) is 1.84. The molecular weight excluding hydrogens is 322 g/mol. The van der Waals surface area contributed by atoms with Crippen LogP contribution in [0.2, 0.25) is 5.02 Å². The number of rotatable bonds is 6. The van der Waals surface area contributed by atoms with E-state index in [1.807, 2.05) is 32.2 Å². The summed E-state index contributed by atoms with van der Waals surface area (Å²) in [5.41, 5.74) is 3.06. The molecule has 1 aliphatic rings. The molecule has 1 aliphatic carbocycles. The molecule has 1 amide bonds. The summed E-state index contributed by atoms with van der Waals surface area (Å²) in [4.78, 5) is 12.6. The van der Waals surface area contributed by atoms with Crippen molar-refractivity contribution < 1.29 is 4.79 Å². The quantitative estimate of drug-likeness (QED) is 0.615.